The Labute approximate surface area is 209 Å². The van der Waals surface area contributed by atoms with Crippen molar-refractivity contribution >= 4 is 0 Å². The van der Waals surface area contributed by atoms with Gasteiger partial charge >= 0.3 is 0 Å². The minimum Gasteiger partial charge on any atom is -0.439 e. The molecule has 1 atom stereocenters. The van der Waals surface area contributed by atoms with Crippen LogP contribution in [0, 0.1) is 12.8 Å². The maximum atomic E-state index is 10.8. The summed E-state index contributed by atoms with van der Waals surface area (Å²) in [6, 6.07) is 18.3. The second-order valence-corrected chi connectivity index (χ2v) is 10.8. The Kier molecular flexibility index (Phi) is 7.95. The number of hydrogen-bond donors (Lipinski definition) is 1. The molecule has 1 heterocycles. The predicted molar refractivity (Wildman–Crippen MR) is 140 cm³/mol. The van der Waals surface area contributed by atoms with Gasteiger partial charge in [0.15, 0.2) is 0 Å². The van der Waals surface area contributed by atoms with Crippen LogP contribution in [0.4, 0.5) is 0 Å². The lowest BCUT2D eigenvalue weighted by atomic mass is 10.1. The fourth-order valence-corrected chi connectivity index (χ4v) is 4.23. The molecule has 1 fully saturated rings. The van der Waals surface area contributed by atoms with Crippen molar-refractivity contribution < 1.29 is 14.6 Å². The normalized spacial score (nSPS) is 14.9. The molecule has 1 saturated carbocycles. The van der Waals surface area contributed by atoms with Gasteiger partial charge in [-0.25, -0.2) is 4.68 Å². The molecule has 1 N–H and O–H groups in total. The van der Waals surface area contributed by atoms with Crippen LogP contribution in [-0.4, -0.2) is 51.2 Å². The highest BCUT2D eigenvalue weighted by Gasteiger charge is 2.29. The minimum atomic E-state index is -0.564. The molecule has 0 amide bonds. The van der Waals surface area contributed by atoms with Crippen LogP contribution in [0.1, 0.15) is 44.7 Å². The number of rotatable bonds is 11. The summed E-state index contributed by atoms with van der Waals surface area (Å²) in [5.41, 5.74) is 3.87. The van der Waals surface area contributed by atoms with E-state index in [9.17, 15) is 5.11 Å². The fraction of sp³-hybridized carbons (Fsp3) is 0.483. The highest BCUT2D eigenvalue weighted by Crippen LogP contribution is 2.36. The summed E-state index contributed by atoms with van der Waals surface area (Å²) in [5.74, 6) is 2.21. The second kappa shape index (κ2) is 10.9. The Morgan fingerprint density at radius 2 is 1.86 bits per heavy atom. The van der Waals surface area contributed by atoms with Crippen LogP contribution < -0.4 is 4.74 Å². The zero-order chi connectivity index (χ0) is 25.0. The standard InChI is InChI=1S/C29H39N3O3/c1-21-10-9-13-25(16-21)35-28-26(27(30-31(28)5)23-11-7-6-8-12-23)19-32(17-22-14-15-22)18-24(33)20-34-29(2,3)4/h6-13,16,22,24,33H,14-15,17-20H2,1-5H3/t24-/m1/s1. The van der Waals surface area contributed by atoms with E-state index in [4.69, 9.17) is 14.6 Å². The average Bonchev–Trinajstić information content (AvgIpc) is 3.57. The first-order valence-corrected chi connectivity index (χ1v) is 12.6. The van der Waals surface area contributed by atoms with E-state index in [0.717, 1.165) is 40.6 Å². The summed E-state index contributed by atoms with van der Waals surface area (Å²) in [7, 11) is 1.93. The first-order valence-electron chi connectivity index (χ1n) is 12.6. The quantitative estimate of drug-likeness (QED) is 0.391. The Morgan fingerprint density at radius 1 is 1.11 bits per heavy atom. The molecule has 188 valence electrons. The van der Waals surface area contributed by atoms with Crippen molar-refractivity contribution in [3.05, 3.63) is 65.7 Å². The molecule has 6 nitrogen and oxygen atoms in total. The van der Waals surface area contributed by atoms with Gasteiger partial charge in [-0.3, -0.25) is 4.90 Å². The summed E-state index contributed by atoms with van der Waals surface area (Å²) in [5, 5.41) is 15.7. The zero-order valence-electron chi connectivity index (χ0n) is 21.7. The number of aromatic nitrogens is 2. The molecular formula is C29H39N3O3. The fourth-order valence-electron chi connectivity index (χ4n) is 4.23. The summed E-state index contributed by atoms with van der Waals surface area (Å²) < 4.78 is 14.1. The van der Waals surface area contributed by atoms with Gasteiger partial charge in [0.2, 0.25) is 5.88 Å². The highest BCUT2D eigenvalue weighted by molar-refractivity contribution is 5.65. The van der Waals surface area contributed by atoms with Crippen molar-refractivity contribution in [2.45, 2.75) is 58.8 Å². The molecule has 0 unspecified atom stereocenters. The SMILES string of the molecule is Cc1cccc(Oc2c(CN(CC3CC3)C[C@@H](O)COC(C)(C)C)c(-c3ccccc3)nn2C)c1. The van der Waals surface area contributed by atoms with Gasteiger partial charge in [-0.1, -0.05) is 42.5 Å². The summed E-state index contributed by atoms with van der Waals surface area (Å²) in [6.45, 7) is 10.5. The zero-order valence-corrected chi connectivity index (χ0v) is 21.7. The van der Waals surface area contributed by atoms with Gasteiger partial charge in [-0.05, 0) is 64.2 Å². The molecule has 3 aromatic rings. The average molecular weight is 478 g/mol. The van der Waals surface area contributed by atoms with E-state index >= 15 is 0 Å². The third kappa shape index (κ3) is 7.40. The minimum absolute atomic E-state index is 0.277. The number of hydrogen-bond acceptors (Lipinski definition) is 5. The Balaban J connectivity index is 1.63. The van der Waals surface area contributed by atoms with Crippen LogP contribution in [-0.2, 0) is 18.3 Å². The molecule has 35 heavy (non-hydrogen) atoms. The van der Waals surface area contributed by atoms with E-state index in [0.29, 0.717) is 25.6 Å². The van der Waals surface area contributed by atoms with Crippen LogP contribution in [0.15, 0.2) is 54.6 Å². The third-order valence-corrected chi connectivity index (χ3v) is 6.11. The monoisotopic (exact) mass is 477 g/mol. The van der Waals surface area contributed by atoms with Crippen molar-refractivity contribution in [3.63, 3.8) is 0 Å². The maximum absolute atomic E-state index is 10.8. The van der Waals surface area contributed by atoms with Gasteiger partial charge in [-0.2, -0.15) is 5.10 Å². The lowest BCUT2D eigenvalue weighted by molar-refractivity contribution is -0.0569. The maximum Gasteiger partial charge on any atom is 0.222 e. The third-order valence-electron chi connectivity index (χ3n) is 6.11. The molecule has 0 radical (unpaired) electrons. The molecule has 1 aliphatic carbocycles. The van der Waals surface area contributed by atoms with Crippen molar-refractivity contribution in [2.24, 2.45) is 13.0 Å². The van der Waals surface area contributed by atoms with Crippen molar-refractivity contribution in [3.8, 4) is 22.9 Å². The second-order valence-electron chi connectivity index (χ2n) is 10.8. The van der Waals surface area contributed by atoms with Crippen LogP contribution in [0.3, 0.4) is 0 Å². The largest absolute Gasteiger partial charge is 0.439 e. The van der Waals surface area contributed by atoms with E-state index in [1.807, 2.05) is 68.9 Å². The van der Waals surface area contributed by atoms with Gasteiger partial charge in [0.1, 0.15) is 11.4 Å². The molecule has 1 aromatic heterocycles. The Hall–Kier alpha value is -2.67. The molecule has 0 saturated heterocycles. The van der Waals surface area contributed by atoms with E-state index < -0.39 is 6.10 Å². The lowest BCUT2D eigenvalue weighted by Gasteiger charge is -2.27. The van der Waals surface area contributed by atoms with Crippen molar-refractivity contribution in [1.82, 2.24) is 14.7 Å². The molecule has 4 rings (SSSR count). The lowest BCUT2D eigenvalue weighted by Crippen LogP contribution is -2.37. The van der Waals surface area contributed by atoms with E-state index in [-0.39, 0.29) is 5.60 Å². The van der Waals surface area contributed by atoms with E-state index in [1.54, 1.807) is 0 Å². The smallest absolute Gasteiger partial charge is 0.222 e. The van der Waals surface area contributed by atoms with Gasteiger partial charge in [0.25, 0.3) is 0 Å². The summed E-state index contributed by atoms with van der Waals surface area (Å²) >= 11 is 0. The number of nitrogens with zero attached hydrogens (tertiary/aromatic N) is 3. The van der Waals surface area contributed by atoms with Gasteiger partial charge in [0.05, 0.1) is 23.9 Å². The number of aryl methyl sites for hydroxylation is 2. The number of ether oxygens (including phenoxy) is 2. The first-order chi connectivity index (χ1) is 16.7. The molecular weight excluding hydrogens is 438 g/mol. The Bertz CT molecular complexity index is 1100. The van der Waals surface area contributed by atoms with Crippen LogP contribution in [0.5, 0.6) is 11.6 Å². The first kappa shape index (κ1) is 25.4. The van der Waals surface area contributed by atoms with Crippen molar-refractivity contribution in [1.29, 1.82) is 0 Å². The highest BCUT2D eigenvalue weighted by atomic mass is 16.5. The molecule has 0 bridgehead atoms. The molecule has 0 aliphatic heterocycles. The van der Waals surface area contributed by atoms with E-state index in [2.05, 4.69) is 30.0 Å². The summed E-state index contributed by atoms with van der Waals surface area (Å²) in [6.07, 6.45) is 1.93. The number of aliphatic hydroxyl groups is 1. The Morgan fingerprint density at radius 3 is 2.51 bits per heavy atom. The van der Waals surface area contributed by atoms with Crippen LogP contribution in [0.25, 0.3) is 11.3 Å². The summed E-state index contributed by atoms with van der Waals surface area (Å²) in [4.78, 5) is 2.33. The topological polar surface area (TPSA) is 59.8 Å². The van der Waals surface area contributed by atoms with E-state index in [1.165, 1.54) is 12.8 Å². The van der Waals surface area contributed by atoms with Crippen molar-refractivity contribution in [2.75, 3.05) is 19.7 Å². The number of benzene rings is 2. The molecule has 2 aromatic carbocycles. The van der Waals surface area contributed by atoms with Gasteiger partial charge < -0.3 is 14.6 Å². The molecule has 6 heteroatoms. The van der Waals surface area contributed by atoms with Gasteiger partial charge in [0, 0.05) is 32.2 Å². The molecule has 0 spiro atoms. The van der Waals surface area contributed by atoms with Crippen LogP contribution in [0.2, 0.25) is 0 Å². The predicted octanol–water partition coefficient (Wildman–Crippen LogP) is 5.58. The number of aliphatic hydroxyl groups excluding tert-OH is 1. The van der Waals surface area contributed by atoms with Crippen LogP contribution >= 0.6 is 0 Å². The van der Waals surface area contributed by atoms with Gasteiger partial charge in [-0.15, -0.1) is 0 Å². The molecule has 1 aliphatic rings.